The van der Waals surface area contributed by atoms with Crippen LogP contribution in [0.5, 0.6) is 0 Å². The minimum absolute atomic E-state index is 0.266. The molecule has 26 heavy (non-hydrogen) atoms. The molecule has 0 unspecified atom stereocenters. The van der Waals surface area contributed by atoms with E-state index in [4.69, 9.17) is 0 Å². The number of rotatable bonds is 6. The summed E-state index contributed by atoms with van der Waals surface area (Å²) >= 11 is 0. The second-order valence-electron chi connectivity index (χ2n) is 6.27. The number of nitrogens with zero attached hydrogens (tertiary/aromatic N) is 1. The molecule has 138 valence electrons. The van der Waals surface area contributed by atoms with Crippen LogP contribution in [-0.4, -0.2) is 38.3 Å². The van der Waals surface area contributed by atoms with Crippen LogP contribution in [0.3, 0.4) is 0 Å². The summed E-state index contributed by atoms with van der Waals surface area (Å²) in [4.78, 5) is 12.3. The van der Waals surface area contributed by atoms with Crippen LogP contribution in [0, 0.1) is 5.82 Å². The number of benzene rings is 2. The molecule has 1 aliphatic heterocycles. The minimum Gasteiger partial charge on any atom is -0.352 e. The normalized spacial score (nSPS) is 15.1. The topological polar surface area (TPSA) is 66.5 Å². The van der Waals surface area contributed by atoms with Crippen molar-refractivity contribution >= 4 is 15.9 Å². The molecule has 0 radical (unpaired) electrons. The van der Waals surface area contributed by atoms with Gasteiger partial charge in [0, 0.05) is 25.2 Å². The highest BCUT2D eigenvalue weighted by atomic mass is 32.2. The molecule has 1 saturated heterocycles. The summed E-state index contributed by atoms with van der Waals surface area (Å²) in [6.07, 6.45) is 2.40. The number of amides is 1. The quantitative estimate of drug-likeness (QED) is 0.843. The predicted octanol–water partition coefficient (Wildman–Crippen LogP) is 2.58. The lowest BCUT2D eigenvalue weighted by Gasteiger charge is -2.15. The van der Waals surface area contributed by atoms with Gasteiger partial charge in [0.2, 0.25) is 10.0 Å². The van der Waals surface area contributed by atoms with Gasteiger partial charge in [0.1, 0.15) is 5.82 Å². The van der Waals surface area contributed by atoms with Crippen molar-refractivity contribution in [3.05, 3.63) is 65.5 Å². The van der Waals surface area contributed by atoms with Gasteiger partial charge in [-0.25, -0.2) is 12.8 Å². The lowest BCUT2D eigenvalue weighted by molar-refractivity contribution is 0.0954. The number of halogens is 1. The highest BCUT2D eigenvalue weighted by Crippen LogP contribution is 2.21. The van der Waals surface area contributed by atoms with Crippen LogP contribution in [0.15, 0.2) is 53.4 Å². The molecule has 3 rings (SSSR count). The van der Waals surface area contributed by atoms with Gasteiger partial charge in [0.15, 0.2) is 0 Å². The minimum atomic E-state index is -3.40. The molecule has 0 aliphatic carbocycles. The van der Waals surface area contributed by atoms with Crippen molar-refractivity contribution in [2.45, 2.75) is 24.2 Å². The highest BCUT2D eigenvalue weighted by Gasteiger charge is 2.26. The third-order valence-electron chi connectivity index (χ3n) is 4.43. The third kappa shape index (κ3) is 4.28. The smallest absolute Gasteiger partial charge is 0.251 e. The van der Waals surface area contributed by atoms with E-state index in [0.717, 1.165) is 18.4 Å². The molecule has 0 bridgehead atoms. The molecule has 0 atom stereocenters. The largest absolute Gasteiger partial charge is 0.352 e. The van der Waals surface area contributed by atoms with Crippen LogP contribution in [0.2, 0.25) is 0 Å². The maximum absolute atomic E-state index is 12.9. The standard InChI is InChI=1S/C19H21FN2O3S/c20-17-7-5-16(6-8-17)19(23)21-12-11-15-3-9-18(10-4-15)26(24,25)22-13-1-2-14-22/h3-10H,1-2,11-14H2,(H,21,23). The van der Waals surface area contributed by atoms with Crippen molar-refractivity contribution in [1.82, 2.24) is 9.62 Å². The Morgan fingerprint density at radius 2 is 1.62 bits per heavy atom. The summed E-state index contributed by atoms with van der Waals surface area (Å²) in [5, 5.41) is 2.77. The van der Waals surface area contributed by atoms with Crippen molar-refractivity contribution in [2.75, 3.05) is 19.6 Å². The van der Waals surface area contributed by atoms with Crippen molar-refractivity contribution in [3.63, 3.8) is 0 Å². The van der Waals surface area contributed by atoms with E-state index in [2.05, 4.69) is 5.32 Å². The van der Waals surface area contributed by atoms with E-state index < -0.39 is 10.0 Å². The van der Waals surface area contributed by atoms with Crippen molar-refractivity contribution in [1.29, 1.82) is 0 Å². The molecule has 1 fully saturated rings. The molecule has 2 aromatic carbocycles. The van der Waals surface area contributed by atoms with Crippen LogP contribution < -0.4 is 5.32 Å². The number of hydrogen-bond acceptors (Lipinski definition) is 3. The Bertz CT molecular complexity index is 859. The zero-order valence-corrected chi connectivity index (χ0v) is 15.1. The Morgan fingerprint density at radius 1 is 1.00 bits per heavy atom. The van der Waals surface area contributed by atoms with E-state index >= 15 is 0 Å². The summed E-state index contributed by atoms with van der Waals surface area (Å²) in [5.74, 6) is -0.649. The summed E-state index contributed by atoms with van der Waals surface area (Å²) < 4.78 is 39.3. The Morgan fingerprint density at radius 3 is 2.23 bits per heavy atom. The van der Waals surface area contributed by atoms with Gasteiger partial charge in [-0.15, -0.1) is 0 Å². The van der Waals surface area contributed by atoms with Crippen LogP contribution in [0.4, 0.5) is 4.39 Å². The van der Waals surface area contributed by atoms with Crippen LogP contribution in [0.1, 0.15) is 28.8 Å². The van der Waals surface area contributed by atoms with E-state index in [1.807, 2.05) is 0 Å². The SMILES string of the molecule is O=C(NCCc1ccc(S(=O)(=O)N2CCCC2)cc1)c1ccc(F)cc1. The van der Waals surface area contributed by atoms with E-state index in [1.165, 1.54) is 28.6 Å². The average molecular weight is 376 g/mol. The summed E-state index contributed by atoms with van der Waals surface area (Å²) in [6.45, 7) is 1.58. The maximum atomic E-state index is 12.9. The molecule has 2 aromatic rings. The van der Waals surface area contributed by atoms with Crippen molar-refractivity contribution < 1.29 is 17.6 Å². The van der Waals surface area contributed by atoms with Crippen molar-refractivity contribution in [3.8, 4) is 0 Å². The maximum Gasteiger partial charge on any atom is 0.251 e. The van der Waals surface area contributed by atoms with Gasteiger partial charge in [0.05, 0.1) is 4.90 Å². The molecule has 5 nitrogen and oxygen atoms in total. The number of hydrogen-bond donors (Lipinski definition) is 1. The number of carbonyl (C=O) groups excluding carboxylic acids is 1. The van der Waals surface area contributed by atoms with Gasteiger partial charge >= 0.3 is 0 Å². The predicted molar refractivity (Wildman–Crippen MR) is 96.9 cm³/mol. The summed E-state index contributed by atoms with van der Waals surface area (Å²) in [5.41, 5.74) is 1.34. The van der Waals surface area contributed by atoms with Gasteiger partial charge in [0.25, 0.3) is 5.91 Å². The number of carbonyl (C=O) groups is 1. The van der Waals surface area contributed by atoms with Gasteiger partial charge in [-0.05, 0) is 61.2 Å². The van der Waals surface area contributed by atoms with E-state index in [1.54, 1.807) is 24.3 Å². The Kier molecular flexibility index (Phi) is 5.68. The monoisotopic (exact) mass is 376 g/mol. The van der Waals surface area contributed by atoms with Crippen LogP contribution >= 0.6 is 0 Å². The lowest BCUT2D eigenvalue weighted by Crippen LogP contribution is -2.28. The first-order valence-corrected chi connectivity index (χ1v) is 10.0. The molecule has 0 spiro atoms. The Labute approximate surface area is 152 Å². The summed E-state index contributed by atoms with van der Waals surface area (Å²) in [7, 11) is -3.40. The van der Waals surface area contributed by atoms with Gasteiger partial charge in [-0.1, -0.05) is 12.1 Å². The molecular weight excluding hydrogens is 355 g/mol. The second kappa shape index (κ2) is 7.97. The van der Waals surface area contributed by atoms with E-state index in [-0.39, 0.29) is 11.7 Å². The fourth-order valence-corrected chi connectivity index (χ4v) is 4.45. The van der Waals surface area contributed by atoms with E-state index in [0.29, 0.717) is 36.5 Å². The molecule has 7 heteroatoms. The van der Waals surface area contributed by atoms with Gasteiger partial charge in [-0.3, -0.25) is 4.79 Å². The molecule has 1 amide bonds. The molecule has 1 N–H and O–H groups in total. The van der Waals surface area contributed by atoms with E-state index in [9.17, 15) is 17.6 Å². The Hall–Kier alpha value is -2.25. The first-order valence-electron chi connectivity index (χ1n) is 8.60. The first kappa shape index (κ1) is 18.5. The number of sulfonamides is 1. The van der Waals surface area contributed by atoms with Gasteiger partial charge < -0.3 is 5.32 Å². The van der Waals surface area contributed by atoms with Gasteiger partial charge in [-0.2, -0.15) is 4.31 Å². The average Bonchev–Trinajstić information content (AvgIpc) is 3.18. The fraction of sp³-hybridized carbons (Fsp3) is 0.316. The molecule has 0 saturated carbocycles. The zero-order chi connectivity index (χ0) is 18.6. The zero-order valence-electron chi connectivity index (χ0n) is 14.3. The second-order valence-corrected chi connectivity index (χ2v) is 8.21. The third-order valence-corrected chi connectivity index (χ3v) is 6.34. The van der Waals surface area contributed by atoms with Crippen LogP contribution in [0.25, 0.3) is 0 Å². The fourth-order valence-electron chi connectivity index (χ4n) is 2.93. The van der Waals surface area contributed by atoms with Crippen LogP contribution in [-0.2, 0) is 16.4 Å². The molecule has 1 aliphatic rings. The first-order chi connectivity index (χ1) is 12.5. The van der Waals surface area contributed by atoms with Crippen molar-refractivity contribution in [2.24, 2.45) is 0 Å². The lowest BCUT2D eigenvalue weighted by atomic mass is 10.1. The highest BCUT2D eigenvalue weighted by molar-refractivity contribution is 7.89. The number of nitrogens with one attached hydrogen (secondary N) is 1. The summed E-state index contributed by atoms with van der Waals surface area (Å²) in [6, 6.07) is 12.1. The molecular formula is C19H21FN2O3S. The molecule has 1 heterocycles. The molecule has 0 aromatic heterocycles. The Balaban J connectivity index is 1.54.